The molecule has 33 heavy (non-hydrogen) atoms. The zero-order chi connectivity index (χ0) is 24.2. The number of phenolic OH excluding ortho intramolecular Hbond substituents is 1. The topological polar surface area (TPSA) is 158 Å². The van der Waals surface area contributed by atoms with Crippen molar-refractivity contribution in [2.24, 2.45) is 29.4 Å². The number of carbonyl (C=O) groups is 4. The monoisotopic (exact) mass is 454 g/mol. The van der Waals surface area contributed by atoms with E-state index in [2.05, 4.69) is 11.8 Å². The zero-order valence-electron chi connectivity index (χ0n) is 18.4. The first-order valence-electron chi connectivity index (χ1n) is 10.8. The number of nitrogens with zero attached hydrogens (tertiary/aromatic N) is 1. The number of fused-ring (bicyclic) bond motifs is 3. The van der Waals surface area contributed by atoms with Gasteiger partial charge in [0.25, 0.3) is 0 Å². The van der Waals surface area contributed by atoms with Crippen molar-refractivity contribution in [3.05, 3.63) is 28.8 Å². The van der Waals surface area contributed by atoms with E-state index in [1.165, 1.54) is 6.07 Å². The van der Waals surface area contributed by atoms with E-state index < -0.39 is 65.0 Å². The Balaban J connectivity index is 1.83. The average molecular weight is 454 g/mol. The van der Waals surface area contributed by atoms with Gasteiger partial charge >= 0.3 is 0 Å². The van der Waals surface area contributed by atoms with Gasteiger partial charge in [-0.25, -0.2) is 0 Å². The second-order valence-electron chi connectivity index (χ2n) is 9.35. The largest absolute Gasteiger partial charge is 0.507 e. The standard InChI is InChI=1S/C24H26N2O7/c1-26(2)19-15-9-12-8-13-11(4-3-7-27)5-6-16(28)18(13)21(30)17(12)22(31)24(15,33)10-14(20(19)29)23(25)32/h5-6,12,14-15,17,19,27-28,33H,7-10H2,1-2H3,(H2,25,32). The Morgan fingerprint density at radius 2 is 1.97 bits per heavy atom. The molecule has 1 aromatic carbocycles. The van der Waals surface area contributed by atoms with Crippen LogP contribution in [0.5, 0.6) is 5.75 Å². The lowest BCUT2D eigenvalue weighted by Crippen LogP contribution is -2.69. The van der Waals surface area contributed by atoms with E-state index in [0.717, 1.165) is 0 Å². The van der Waals surface area contributed by atoms with Gasteiger partial charge in [-0.3, -0.25) is 24.1 Å². The van der Waals surface area contributed by atoms with Crippen LogP contribution in [0.15, 0.2) is 12.1 Å². The molecular weight excluding hydrogens is 428 g/mol. The lowest BCUT2D eigenvalue weighted by atomic mass is 9.52. The predicted molar refractivity (Wildman–Crippen MR) is 115 cm³/mol. The van der Waals surface area contributed by atoms with Gasteiger partial charge in [-0.15, -0.1) is 0 Å². The summed E-state index contributed by atoms with van der Waals surface area (Å²) in [5, 5.41) is 31.0. The third-order valence-electron chi connectivity index (χ3n) is 7.37. The van der Waals surface area contributed by atoms with Crippen molar-refractivity contribution in [2.75, 3.05) is 20.7 Å². The number of aliphatic hydroxyl groups is 2. The lowest BCUT2D eigenvalue weighted by molar-refractivity contribution is -0.176. The lowest BCUT2D eigenvalue weighted by Gasteiger charge is -2.53. The van der Waals surface area contributed by atoms with E-state index >= 15 is 0 Å². The molecule has 0 aromatic heterocycles. The van der Waals surface area contributed by atoms with Crippen molar-refractivity contribution >= 4 is 23.3 Å². The fourth-order valence-corrected chi connectivity index (χ4v) is 5.96. The van der Waals surface area contributed by atoms with Crippen molar-refractivity contribution < 1.29 is 34.5 Å². The van der Waals surface area contributed by atoms with Crippen LogP contribution in [0.1, 0.15) is 34.3 Å². The average Bonchev–Trinajstić information content (AvgIpc) is 2.74. The zero-order valence-corrected chi connectivity index (χ0v) is 18.4. The Morgan fingerprint density at radius 3 is 2.58 bits per heavy atom. The first-order chi connectivity index (χ1) is 15.5. The van der Waals surface area contributed by atoms with Gasteiger partial charge in [0.2, 0.25) is 5.91 Å². The molecule has 0 heterocycles. The van der Waals surface area contributed by atoms with Gasteiger partial charge in [0.1, 0.15) is 23.9 Å². The Morgan fingerprint density at radius 1 is 1.27 bits per heavy atom. The van der Waals surface area contributed by atoms with E-state index in [-0.39, 0.29) is 30.8 Å². The van der Waals surface area contributed by atoms with Crippen LogP contribution in [-0.2, 0) is 20.8 Å². The summed E-state index contributed by atoms with van der Waals surface area (Å²) in [6.45, 7) is -0.378. The number of aromatic hydroxyl groups is 1. The SMILES string of the molecule is CN(C)C1C(=O)C(C(N)=O)CC2(O)C(=O)C3C(=O)c4c(O)ccc(C#CCO)c4CC3CC12. The maximum atomic E-state index is 13.7. The van der Waals surface area contributed by atoms with Gasteiger partial charge in [0, 0.05) is 17.9 Å². The minimum atomic E-state index is -2.07. The van der Waals surface area contributed by atoms with Gasteiger partial charge in [0.05, 0.1) is 17.5 Å². The van der Waals surface area contributed by atoms with Crippen LogP contribution >= 0.6 is 0 Å². The van der Waals surface area contributed by atoms with Gasteiger partial charge in [-0.1, -0.05) is 11.8 Å². The highest BCUT2D eigenvalue weighted by atomic mass is 16.3. The summed E-state index contributed by atoms with van der Waals surface area (Å²) >= 11 is 0. The van der Waals surface area contributed by atoms with Crippen LogP contribution in [0.3, 0.4) is 0 Å². The molecule has 5 N–H and O–H groups in total. The molecule has 0 bridgehead atoms. The van der Waals surface area contributed by atoms with E-state index in [1.807, 2.05) is 0 Å². The first-order valence-corrected chi connectivity index (χ1v) is 10.8. The highest BCUT2D eigenvalue weighted by Gasteiger charge is 2.64. The number of ketones is 3. The molecule has 0 spiro atoms. The third kappa shape index (κ3) is 3.37. The number of hydrogen-bond donors (Lipinski definition) is 4. The molecule has 0 saturated heterocycles. The molecule has 0 aliphatic heterocycles. The van der Waals surface area contributed by atoms with Crippen LogP contribution in [0, 0.1) is 35.5 Å². The normalized spacial score (nSPS) is 33.0. The molecule has 1 amide bonds. The summed E-state index contributed by atoms with van der Waals surface area (Å²) in [5.74, 6) is -1.56. The van der Waals surface area contributed by atoms with Crippen LogP contribution in [-0.4, -0.2) is 75.8 Å². The summed E-state index contributed by atoms with van der Waals surface area (Å²) in [6, 6.07) is 1.95. The number of rotatable bonds is 2. The molecule has 4 rings (SSSR count). The molecule has 3 aliphatic rings. The van der Waals surface area contributed by atoms with Crippen molar-refractivity contribution in [2.45, 2.75) is 30.9 Å². The molecule has 9 nitrogen and oxygen atoms in total. The van der Waals surface area contributed by atoms with E-state index in [4.69, 9.17) is 10.8 Å². The number of benzene rings is 1. The molecule has 3 aliphatic carbocycles. The number of amides is 1. The van der Waals surface area contributed by atoms with E-state index in [1.54, 1.807) is 25.1 Å². The Labute approximate surface area is 190 Å². The molecule has 1 aromatic rings. The number of nitrogens with two attached hydrogens (primary N) is 1. The third-order valence-corrected chi connectivity index (χ3v) is 7.37. The molecule has 2 fully saturated rings. The number of hydrogen-bond acceptors (Lipinski definition) is 8. The van der Waals surface area contributed by atoms with E-state index in [0.29, 0.717) is 11.1 Å². The van der Waals surface area contributed by atoms with E-state index in [9.17, 15) is 29.4 Å². The fourth-order valence-electron chi connectivity index (χ4n) is 5.96. The van der Waals surface area contributed by atoms with Crippen LogP contribution in [0.4, 0.5) is 0 Å². The molecule has 9 heteroatoms. The summed E-state index contributed by atoms with van der Waals surface area (Å²) in [5.41, 5.74) is 4.28. The summed E-state index contributed by atoms with van der Waals surface area (Å²) in [7, 11) is 3.26. The van der Waals surface area contributed by atoms with Crippen molar-refractivity contribution in [1.29, 1.82) is 0 Å². The summed E-state index contributed by atoms with van der Waals surface area (Å²) in [6.07, 6.45) is -0.0193. The predicted octanol–water partition coefficient (Wildman–Crippen LogP) is -0.968. The molecule has 2 saturated carbocycles. The Bertz CT molecular complexity index is 1130. The van der Waals surface area contributed by atoms with Gasteiger partial charge < -0.3 is 21.1 Å². The highest BCUT2D eigenvalue weighted by Crippen LogP contribution is 2.51. The number of carbonyl (C=O) groups excluding carboxylic acids is 4. The first kappa shape index (κ1) is 23.1. The molecular formula is C24H26N2O7. The van der Waals surface area contributed by atoms with Gasteiger partial charge in [0.15, 0.2) is 17.3 Å². The van der Waals surface area contributed by atoms with Crippen LogP contribution in [0.25, 0.3) is 0 Å². The Kier molecular flexibility index (Phi) is 5.65. The molecule has 6 unspecified atom stereocenters. The van der Waals surface area contributed by atoms with Crippen molar-refractivity contribution in [3.8, 4) is 17.6 Å². The molecule has 0 radical (unpaired) electrons. The van der Waals surface area contributed by atoms with Gasteiger partial charge in [-0.2, -0.15) is 0 Å². The molecule has 6 atom stereocenters. The highest BCUT2D eigenvalue weighted by molar-refractivity contribution is 6.17. The van der Waals surface area contributed by atoms with Crippen LogP contribution < -0.4 is 5.73 Å². The number of Topliss-reactive ketones (excluding diaryl/α,β-unsaturated/α-hetero) is 3. The summed E-state index contributed by atoms with van der Waals surface area (Å²) < 4.78 is 0. The fraction of sp³-hybridized carbons (Fsp3) is 0.500. The number of primary amides is 1. The number of likely N-dealkylation sites (N-methyl/N-ethyl adjacent to an activating group) is 1. The maximum absolute atomic E-state index is 13.7. The maximum Gasteiger partial charge on any atom is 0.228 e. The van der Waals surface area contributed by atoms with Crippen molar-refractivity contribution in [1.82, 2.24) is 4.90 Å². The minimum Gasteiger partial charge on any atom is -0.507 e. The number of phenols is 1. The van der Waals surface area contributed by atoms with Crippen molar-refractivity contribution in [3.63, 3.8) is 0 Å². The Hall–Kier alpha value is -3.06. The second-order valence-corrected chi connectivity index (χ2v) is 9.35. The smallest absolute Gasteiger partial charge is 0.228 e. The summed E-state index contributed by atoms with van der Waals surface area (Å²) in [4.78, 5) is 53.7. The molecule has 174 valence electrons. The second kappa shape index (κ2) is 8.06. The van der Waals surface area contributed by atoms with Crippen LogP contribution in [0.2, 0.25) is 0 Å². The quantitative estimate of drug-likeness (QED) is 0.328. The van der Waals surface area contributed by atoms with Gasteiger partial charge in [-0.05, 0) is 50.6 Å². The minimum absolute atomic E-state index is 0.0149. The number of aliphatic hydroxyl groups excluding tert-OH is 1.